The van der Waals surface area contributed by atoms with Gasteiger partial charge in [-0.3, -0.25) is 14.4 Å². The van der Waals surface area contributed by atoms with Gasteiger partial charge in [0, 0.05) is 13.0 Å². The highest BCUT2D eigenvalue weighted by molar-refractivity contribution is 5.79. The molecule has 6 heteroatoms. The average Bonchev–Trinajstić information content (AvgIpc) is 2.95. The Kier molecular flexibility index (Phi) is 5.95. The molecule has 1 aromatic carbocycles. The number of carboxylic acid groups (broad SMARTS) is 1. The number of carbonyl (C=O) groups is 3. The van der Waals surface area contributed by atoms with E-state index in [1.54, 1.807) is 0 Å². The van der Waals surface area contributed by atoms with Crippen LogP contribution in [0.2, 0.25) is 0 Å². The third-order valence-electron chi connectivity index (χ3n) is 4.39. The maximum atomic E-state index is 12.3. The first-order valence-corrected chi connectivity index (χ1v) is 8.21. The first kappa shape index (κ1) is 18.0. The number of nitrogens with one attached hydrogen (secondary N) is 2. The predicted molar refractivity (Wildman–Crippen MR) is 89.3 cm³/mol. The van der Waals surface area contributed by atoms with Crippen molar-refractivity contribution in [2.45, 2.75) is 51.6 Å². The zero-order valence-corrected chi connectivity index (χ0v) is 14.0. The number of hydrogen-bond donors (Lipinski definition) is 3. The molecule has 3 atom stereocenters. The molecule has 0 bridgehead atoms. The molecule has 0 saturated heterocycles. The lowest BCUT2D eigenvalue weighted by Crippen LogP contribution is -2.37. The quantitative estimate of drug-likeness (QED) is 0.742. The Morgan fingerprint density at radius 1 is 1.21 bits per heavy atom. The molecule has 0 aromatic heterocycles. The summed E-state index contributed by atoms with van der Waals surface area (Å²) in [6, 6.07) is 7.19. The Labute approximate surface area is 141 Å². The van der Waals surface area contributed by atoms with Crippen molar-refractivity contribution in [2.24, 2.45) is 5.92 Å². The summed E-state index contributed by atoms with van der Waals surface area (Å²) in [6.45, 7) is 3.40. The molecule has 1 saturated carbocycles. The third-order valence-corrected chi connectivity index (χ3v) is 4.39. The van der Waals surface area contributed by atoms with Gasteiger partial charge in [-0.25, -0.2) is 0 Å². The second-order valence-corrected chi connectivity index (χ2v) is 6.48. The van der Waals surface area contributed by atoms with Crippen molar-refractivity contribution in [1.29, 1.82) is 0 Å². The Morgan fingerprint density at radius 2 is 1.88 bits per heavy atom. The number of carbonyl (C=O) groups excluding carboxylic acids is 2. The Balaban J connectivity index is 1.96. The van der Waals surface area contributed by atoms with Crippen molar-refractivity contribution in [3.63, 3.8) is 0 Å². The fourth-order valence-corrected chi connectivity index (χ4v) is 3.11. The molecule has 1 unspecified atom stereocenters. The molecule has 0 heterocycles. The maximum absolute atomic E-state index is 12.3. The topological polar surface area (TPSA) is 95.5 Å². The minimum atomic E-state index is -0.803. The normalized spacial score (nSPS) is 21.1. The van der Waals surface area contributed by atoms with Crippen LogP contribution in [0.4, 0.5) is 0 Å². The summed E-state index contributed by atoms with van der Waals surface area (Å²) in [7, 11) is 0. The summed E-state index contributed by atoms with van der Waals surface area (Å²) in [5.74, 6) is -1.55. The number of benzene rings is 1. The Bertz CT molecular complexity index is 612. The van der Waals surface area contributed by atoms with E-state index in [1.807, 2.05) is 31.2 Å². The van der Waals surface area contributed by atoms with Crippen molar-refractivity contribution in [3.05, 3.63) is 35.4 Å². The molecule has 130 valence electrons. The number of aliphatic carboxylic acids is 1. The van der Waals surface area contributed by atoms with E-state index >= 15 is 0 Å². The highest BCUT2D eigenvalue weighted by Gasteiger charge is 2.31. The van der Waals surface area contributed by atoms with Crippen molar-refractivity contribution < 1.29 is 19.5 Å². The Hall–Kier alpha value is -2.37. The van der Waals surface area contributed by atoms with E-state index in [-0.39, 0.29) is 36.2 Å². The smallest absolute Gasteiger partial charge is 0.306 e. The maximum Gasteiger partial charge on any atom is 0.306 e. The summed E-state index contributed by atoms with van der Waals surface area (Å²) < 4.78 is 0. The minimum absolute atomic E-state index is 0.102. The van der Waals surface area contributed by atoms with Gasteiger partial charge >= 0.3 is 5.97 Å². The molecule has 24 heavy (non-hydrogen) atoms. The molecule has 0 spiro atoms. The summed E-state index contributed by atoms with van der Waals surface area (Å²) in [5, 5.41) is 14.7. The molecule has 1 aliphatic rings. The monoisotopic (exact) mass is 332 g/mol. The zero-order valence-electron chi connectivity index (χ0n) is 14.0. The van der Waals surface area contributed by atoms with Crippen molar-refractivity contribution in [2.75, 3.05) is 0 Å². The van der Waals surface area contributed by atoms with Crippen molar-refractivity contribution in [1.82, 2.24) is 10.6 Å². The van der Waals surface area contributed by atoms with Crippen LogP contribution in [-0.4, -0.2) is 28.9 Å². The van der Waals surface area contributed by atoms with Gasteiger partial charge in [0.05, 0.1) is 18.4 Å². The van der Waals surface area contributed by atoms with Crippen LogP contribution in [0.15, 0.2) is 24.3 Å². The van der Waals surface area contributed by atoms with Crippen molar-refractivity contribution in [3.8, 4) is 0 Å². The van der Waals surface area contributed by atoms with Gasteiger partial charge < -0.3 is 15.7 Å². The second-order valence-electron chi connectivity index (χ2n) is 6.48. The van der Waals surface area contributed by atoms with E-state index in [0.29, 0.717) is 19.3 Å². The van der Waals surface area contributed by atoms with Crippen LogP contribution in [-0.2, 0) is 14.4 Å². The molecule has 3 N–H and O–H groups in total. The van der Waals surface area contributed by atoms with Crippen LogP contribution in [0.5, 0.6) is 0 Å². The number of amides is 2. The van der Waals surface area contributed by atoms with E-state index in [1.165, 1.54) is 6.92 Å². The van der Waals surface area contributed by atoms with Gasteiger partial charge in [0.2, 0.25) is 11.8 Å². The molecule has 6 nitrogen and oxygen atoms in total. The molecule has 1 aliphatic carbocycles. The molecule has 1 aromatic rings. The summed E-state index contributed by atoms with van der Waals surface area (Å²) >= 11 is 0. The fraction of sp³-hybridized carbons (Fsp3) is 0.500. The van der Waals surface area contributed by atoms with E-state index in [9.17, 15) is 14.4 Å². The fourth-order valence-electron chi connectivity index (χ4n) is 3.11. The van der Waals surface area contributed by atoms with Crippen LogP contribution >= 0.6 is 0 Å². The first-order chi connectivity index (χ1) is 11.3. The molecule has 2 amide bonds. The SMILES string of the molecule is CC(=O)NC(CC(=O)N[C@@H]1CC[C@H](C(=O)O)C1)c1ccc(C)cc1. The van der Waals surface area contributed by atoms with Gasteiger partial charge in [-0.05, 0) is 31.7 Å². The second kappa shape index (κ2) is 7.95. The summed E-state index contributed by atoms with van der Waals surface area (Å²) in [5.41, 5.74) is 1.98. The molecule has 1 fully saturated rings. The van der Waals surface area contributed by atoms with Gasteiger partial charge in [0.15, 0.2) is 0 Å². The first-order valence-electron chi connectivity index (χ1n) is 8.21. The van der Waals surface area contributed by atoms with Gasteiger partial charge in [-0.1, -0.05) is 29.8 Å². The lowest BCUT2D eigenvalue weighted by atomic mass is 10.0. The van der Waals surface area contributed by atoms with Crippen LogP contribution in [0.1, 0.15) is 49.8 Å². The number of rotatable bonds is 6. The van der Waals surface area contributed by atoms with Crippen LogP contribution in [0, 0.1) is 12.8 Å². The minimum Gasteiger partial charge on any atom is -0.481 e. The van der Waals surface area contributed by atoms with Gasteiger partial charge in [-0.15, -0.1) is 0 Å². The highest BCUT2D eigenvalue weighted by atomic mass is 16.4. The Morgan fingerprint density at radius 3 is 2.42 bits per heavy atom. The molecule has 0 aliphatic heterocycles. The van der Waals surface area contributed by atoms with Crippen LogP contribution in [0.3, 0.4) is 0 Å². The summed E-state index contributed by atoms with van der Waals surface area (Å²) in [4.78, 5) is 34.7. The number of carboxylic acids is 1. The van der Waals surface area contributed by atoms with E-state index in [4.69, 9.17) is 5.11 Å². The van der Waals surface area contributed by atoms with E-state index < -0.39 is 5.97 Å². The highest BCUT2D eigenvalue weighted by Crippen LogP contribution is 2.26. The van der Waals surface area contributed by atoms with Crippen LogP contribution < -0.4 is 10.6 Å². The molecular weight excluding hydrogens is 308 g/mol. The van der Waals surface area contributed by atoms with Gasteiger partial charge in [-0.2, -0.15) is 0 Å². The predicted octanol–water partition coefficient (Wildman–Crippen LogP) is 1.93. The van der Waals surface area contributed by atoms with Crippen LogP contribution in [0.25, 0.3) is 0 Å². The lowest BCUT2D eigenvalue weighted by Gasteiger charge is -2.20. The third kappa shape index (κ3) is 5.08. The van der Waals surface area contributed by atoms with E-state index in [2.05, 4.69) is 10.6 Å². The van der Waals surface area contributed by atoms with Crippen molar-refractivity contribution >= 4 is 17.8 Å². The molecule has 2 rings (SSSR count). The van der Waals surface area contributed by atoms with Gasteiger partial charge in [0.1, 0.15) is 0 Å². The lowest BCUT2D eigenvalue weighted by molar-refractivity contribution is -0.141. The standard InChI is InChI=1S/C18H24N2O4/c1-11-3-5-13(6-4-11)16(19-12(2)21)10-17(22)20-15-8-7-14(9-15)18(23)24/h3-6,14-16H,7-10H2,1-2H3,(H,19,21)(H,20,22)(H,23,24)/t14-,15+,16?/m0/s1. The number of aryl methyl sites for hydroxylation is 1. The van der Waals surface area contributed by atoms with Gasteiger partial charge in [0.25, 0.3) is 0 Å². The molecule has 0 radical (unpaired) electrons. The molecular formula is C18H24N2O4. The van der Waals surface area contributed by atoms with E-state index in [0.717, 1.165) is 11.1 Å². The number of hydrogen-bond acceptors (Lipinski definition) is 3. The largest absolute Gasteiger partial charge is 0.481 e. The summed E-state index contributed by atoms with van der Waals surface area (Å²) in [6.07, 6.45) is 1.87. The zero-order chi connectivity index (χ0) is 17.7. The average molecular weight is 332 g/mol.